The van der Waals surface area contributed by atoms with Crippen LogP contribution < -0.4 is 5.32 Å². The van der Waals surface area contributed by atoms with Gasteiger partial charge in [-0.1, -0.05) is 18.2 Å². The fourth-order valence-electron chi connectivity index (χ4n) is 2.80. The molecule has 0 spiro atoms. The van der Waals surface area contributed by atoms with Crippen LogP contribution in [0.4, 0.5) is 10.1 Å². The highest BCUT2D eigenvalue weighted by Crippen LogP contribution is 2.34. The van der Waals surface area contributed by atoms with Crippen molar-refractivity contribution in [3.8, 4) is 0 Å². The molecule has 6 nitrogen and oxygen atoms in total. The Labute approximate surface area is 166 Å². The van der Waals surface area contributed by atoms with Gasteiger partial charge in [-0.2, -0.15) is 0 Å². The summed E-state index contributed by atoms with van der Waals surface area (Å²) in [5.74, 6) is -0.954. The number of anilines is 1. The number of carbonyl (C=O) groups is 1. The van der Waals surface area contributed by atoms with E-state index < -0.39 is 21.7 Å². The zero-order chi connectivity index (χ0) is 20.5. The largest absolute Gasteiger partial charge is 0.380 e. The van der Waals surface area contributed by atoms with Crippen molar-refractivity contribution in [3.05, 3.63) is 58.7 Å². The lowest BCUT2D eigenvalue weighted by Gasteiger charge is -2.15. The molecule has 0 fully saturated rings. The number of hydrogen-bond donors (Lipinski definition) is 1. The third-order valence-corrected chi connectivity index (χ3v) is 7.22. The van der Waals surface area contributed by atoms with Crippen molar-refractivity contribution in [1.82, 2.24) is 4.31 Å². The maximum absolute atomic E-state index is 14.3. The maximum atomic E-state index is 14.3. The minimum absolute atomic E-state index is 0.0195. The number of carbonyl (C=O) groups excluding carboxylic acids is 1. The summed E-state index contributed by atoms with van der Waals surface area (Å²) in [7, 11) is 0.546. The average molecular weight is 423 g/mol. The number of ether oxygens (including phenoxy) is 1. The number of nitrogens with one attached hydrogen (secondary N) is 1. The Hall–Kier alpha value is -2.33. The Balaban J connectivity index is 2.06. The lowest BCUT2D eigenvalue weighted by molar-refractivity contribution is 0.102. The number of thiophene rings is 1. The molecule has 0 radical (unpaired) electrons. The van der Waals surface area contributed by atoms with Crippen molar-refractivity contribution in [3.63, 3.8) is 0 Å². The molecule has 0 bridgehead atoms. The van der Waals surface area contributed by atoms with Gasteiger partial charge in [0, 0.05) is 36.9 Å². The van der Waals surface area contributed by atoms with E-state index in [1.54, 1.807) is 24.3 Å². The van der Waals surface area contributed by atoms with E-state index in [1.807, 2.05) is 0 Å². The van der Waals surface area contributed by atoms with E-state index in [0.717, 1.165) is 15.6 Å². The van der Waals surface area contributed by atoms with Crippen LogP contribution in [0.25, 0.3) is 10.1 Å². The van der Waals surface area contributed by atoms with Gasteiger partial charge in [0.2, 0.25) is 10.0 Å². The van der Waals surface area contributed by atoms with Crippen LogP contribution in [0.3, 0.4) is 0 Å². The molecule has 3 rings (SSSR count). The van der Waals surface area contributed by atoms with Gasteiger partial charge in [0.05, 0.1) is 17.2 Å². The molecule has 1 aromatic heterocycles. The van der Waals surface area contributed by atoms with E-state index in [-0.39, 0.29) is 22.1 Å². The normalized spacial score (nSPS) is 11.9. The van der Waals surface area contributed by atoms with Crippen molar-refractivity contribution in [1.29, 1.82) is 0 Å². The van der Waals surface area contributed by atoms with Gasteiger partial charge in [-0.15, -0.1) is 11.3 Å². The van der Waals surface area contributed by atoms with Gasteiger partial charge >= 0.3 is 0 Å². The average Bonchev–Trinajstić information content (AvgIpc) is 3.02. The molecule has 0 aliphatic carbocycles. The molecule has 1 N–H and O–H groups in total. The Morgan fingerprint density at radius 2 is 1.89 bits per heavy atom. The number of hydrogen-bond acceptors (Lipinski definition) is 5. The van der Waals surface area contributed by atoms with Crippen LogP contribution in [-0.2, 0) is 21.4 Å². The van der Waals surface area contributed by atoms with E-state index in [9.17, 15) is 17.6 Å². The second-order valence-corrected chi connectivity index (χ2v) is 9.37. The standard InChI is InChI=1S/C19H19FN2O4S2/c1-22(2)28(24,25)16-10-5-4-8-14(16)21-19(23)18-12(11-26-3)17-13(20)7-6-9-15(17)27-18/h4-10H,11H2,1-3H3,(H,21,23). The molecular formula is C19H19FN2O4S2. The second-order valence-electron chi connectivity index (χ2n) is 6.19. The molecule has 0 aliphatic rings. The van der Waals surface area contributed by atoms with Gasteiger partial charge in [0.15, 0.2) is 0 Å². The van der Waals surface area contributed by atoms with Crippen LogP contribution in [-0.4, -0.2) is 39.8 Å². The first kappa shape index (κ1) is 20.4. The molecule has 0 saturated heterocycles. The molecule has 148 valence electrons. The van der Waals surface area contributed by atoms with Crippen LogP contribution in [0.5, 0.6) is 0 Å². The van der Waals surface area contributed by atoms with Crippen molar-refractivity contribution in [2.45, 2.75) is 11.5 Å². The van der Waals surface area contributed by atoms with E-state index in [4.69, 9.17) is 4.74 Å². The molecule has 0 saturated carbocycles. The number of halogens is 1. The summed E-state index contributed by atoms with van der Waals surface area (Å²) >= 11 is 1.13. The summed E-state index contributed by atoms with van der Waals surface area (Å²) in [6, 6.07) is 10.8. The minimum atomic E-state index is -3.75. The minimum Gasteiger partial charge on any atom is -0.380 e. The highest BCUT2D eigenvalue weighted by Gasteiger charge is 2.25. The van der Waals surface area contributed by atoms with Crippen LogP contribution in [0.2, 0.25) is 0 Å². The zero-order valence-corrected chi connectivity index (χ0v) is 17.2. The topological polar surface area (TPSA) is 75.7 Å². The van der Waals surface area contributed by atoms with Gasteiger partial charge in [-0.05, 0) is 24.3 Å². The number of methoxy groups -OCH3 is 1. The first-order chi connectivity index (χ1) is 13.3. The van der Waals surface area contributed by atoms with Gasteiger partial charge in [-0.25, -0.2) is 17.1 Å². The van der Waals surface area contributed by atoms with Crippen molar-refractivity contribution < 1.29 is 22.3 Å². The van der Waals surface area contributed by atoms with Gasteiger partial charge in [-0.3, -0.25) is 4.79 Å². The summed E-state index contributed by atoms with van der Waals surface area (Å²) in [4.78, 5) is 13.2. The fraction of sp³-hybridized carbons (Fsp3) is 0.211. The van der Waals surface area contributed by atoms with Gasteiger partial charge < -0.3 is 10.1 Å². The molecule has 0 aliphatic heterocycles. The SMILES string of the molecule is COCc1c(C(=O)Nc2ccccc2S(=O)(=O)N(C)C)sc2cccc(F)c12. The summed E-state index contributed by atoms with van der Waals surface area (Å²) in [5, 5.41) is 3.00. The van der Waals surface area contributed by atoms with E-state index in [1.165, 1.54) is 39.4 Å². The van der Waals surface area contributed by atoms with Gasteiger partial charge in [0.25, 0.3) is 5.91 Å². The highest BCUT2D eigenvalue weighted by atomic mass is 32.2. The molecule has 3 aromatic rings. The molecule has 0 unspecified atom stereocenters. The summed E-state index contributed by atoms with van der Waals surface area (Å²) in [5.41, 5.74) is 0.591. The predicted molar refractivity (Wildman–Crippen MR) is 108 cm³/mol. The number of sulfonamides is 1. The smallest absolute Gasteiger partial charge is 0.266 e. The molecule has 2 aromatic carbocycles. The number of para-hydroxylation sites is 1. The Kier molecular flexibility index (Phi) is 5.80. The van der Waals surface area contributed by atoms with E-state index >= 15 is 0 Å². The van der Waals surface area contributed by atoms with Crippen molar-refractivity contribution in [2.24, 2.45) is 0 Å². The molecule has 1 heterocycles. The predicted octanol–water partition coefficient (Wildman–Crippen LogP) is 3.69. The van der Waals surface area contributed by atoms with E-state index in [0.29, 0.717) is 15.6 Å². The summed E-state index contributed by atoms with van der Waals surface area (Å²) in [6.07, 6.45) is 0. The molecule has 0 atom stereocenters. The monoisotopic (exact) mass is 422 g/mol. The summed E-state index contributed by atoms with van der Waals surface area (Å²) < 4.78 is 46.2. The zero-order valence-electron chi connectivity index (χ0n) is 15.5. The summed E-state index contributed by atoms with van der Waals surface area (Å²) in [6.45, 7) is 0.0569. The first-order valence-electron chi connectivity index (χ1n) is 8.29. The van der Waals surface area contributed by atoms with Crippen LogP contribution in [0.15, 0.2) is 47.4 Å². The highest BCUT2D eigenvalue weighted by molar-refractivity contribution is 7.89. The second kappa shape index (κ2) is 7.96. The Morgan fingerprint density at radius 1 is 1.18 bits per heavy atom. The van der Waals surface area contributed by atoms with Crippen molar-refractivity contribution in [2.75, 3.05) is 26.5 Å². The number of nitrogens with zero attached hydrogens (tertiary/aromatic N) is 1. The molecule has 28 heavy (non-hydrogen) atoms. The third kappa shape index (κ3) is 3.66. The maximum Gasteiger partial charge on any atom is 0.266 e. The quantitative estimate of drug-likeness (QED) is 0.657. The van der Waals surface area contributed by atoms with E-state index in [2.05, 4.69) is 5.32 Å². The number of benzene rings is 2. The van der Waals surface area contributed by atoms with Crippen LogP contribution in [0.1, 0.15) is 15.2 Å². The third-order valence-electron chi connectivity index (χ3n) is 4.15. The lowest BCUT2D eigenvalue weighted by Crippen LogP contribution is -2.24. The Morgan fingerprint density at radius 3 is 2.57 bits per heavy atom. The lowest BCUT2D eigenvalue weighted by atomic mass is 10.1. The number of fused-ring (bicyclic) bond motifs is 1. The molecular weight excluding hydrogens is 403 g/mol. The van der Waals surface area contributed by atoms with Crippen LogP contribution in [0, 0.1) is 5.82 Å². The molecule has 9 heteroatoms. The van der Waals surface area contributed by atoms with Crippen molar-refractivity contribution >= 4 is 43.0 Å². The van der Waals surface area contributed by atoms with Crippen LogP contribution >= 0.6 is 11.3 Å². The number of rotatable bonds is 6. The Bertz CT molecular complexity index is 1140. The fourth-order valence-corrected chi connectivity index (χ4v) is 4.96. The number of amides is 1. The first-order valence-corrected chi connectivity index (χ1v) is 10.5. The molecule has 1 amide bonds. The van der Waals surface area contributed by atoms with Gasteiger partial charge in [0.1, 0.15) is 10.7 Å².